The van der Waals surface area contributed by atoms with Crippen LogP contribution in [-0.2, 0) is 14.4 Å². The molecule has 0 amide bonds. The minimum atomic E-state index is -2.86. The van der Waals surface area contributed by atoms with Crippen LogP contribution in [0.2, 0.25) is 0 Å². The van der Waals surface area contributed by atoms with E-state index in [0.29, 0.717) is 4.32 Å². The summed E-state index contributed by atoms with van der Waals surface area (Å²) in [5.74, 6) is -5.65. The minimum Gasteiger partial charge on any atom is -0.550 e. The van der Waals surface area contributed by atoms with Gasteiger partial charge in [-0.25, -0.2) is 4.79 Å². The first-order valence-corrected chi connectivity index (χ1v) is 6.69. The number of thiol groups is 1. The Hall–Kier alpha value is 0.610. The molecule has 0 aromatic heterocycles. The summed E-state index contributed by atoms with van der Waals surface area (Å²) < 4.78 is 0.690. The maximum atomic E-state index is 10.3. The Morgan fingerprint density at radius 3 is 1.48 bits per heavy atom. The smallest absolute Gasteiger partial charge is 0.550 e. The predicted molar refractivity (Wildman–Crippen MR) is 76.3 cm³/mol. The summed E-state index contributed by atoms with van der Waals surface area (Å²) in [4.78, 5) is 32.2. The summed E-state index contributed by atoms with van der Waals surface area (Å²) >= 11 is 8.82. The van der Waals surface area contributed by atoms with Gasteiger partial charge in [0, 0.05) is 37.9 Å². The molecule has 0 radical (unpaired) electrons. The zero-order valence-electron chi connectivity index (χ0n) is 13.6. The molecule has 23 heavy (non-hydrogen) atoms. The maximum Gasteiger partial charge on any atom is 1.00 e. The molecule has 0 fully saturated rings. The molecule has 2 N–H and O–H groups in total. The van der Waals surface area contributed by atoms with Crippen molar-refractivity contribution in [1.29, 1.82) is 0 Å². The molecule has 0 spiro atoms. The van der Waals surface area contributed by atoms with E-state index in [1.165, 1.54) is 0 Å². The third-order valence-corrected chi connectivity index (χ3v) is 2.85. The molecule has 0 aliphatic heterocycles. The molecule has 8 nitrogen and oxygen atoms in total. The van der Waals surface area contributed by atoms with Crippen LogP contribution < -0.4 is 69.3 Å². The number of nitrogens with zero attached hydrogens (tertiary/aromatic N) is 1. The molecular weight excluding hydrogens is 368 g/mol. The first kappa shape index (κ1) is 31.4. The summed E-state index contributed by atoms with van der Waals surface area (Å²) in [5.41, 5.74) is -2.86. The van der Waals surface area contributed by atoms with E-state index in [2.05, 4.69) is 26.5 Å². The fourth-order valence-corrected chi connectivity index (χ4v) is 1.73. The molecule has 0 bridgehead atoms. The van der Waals surface area contributed by atoms with Gasteiger partial charge in [0.15, 0.2) is 5.60 Å². The quantitative estimate of drug-likeness (QED) is 0.221. The Morgan fingerprint density at radius 1 is 1.09 bits per heavy atom. The Labute approximate surface area is 189 Å². The van der Waals surface area contributed by atoms with Crippen molar-refractivity contribution in [2.24, 2.45) is 0 Å². The normalized spacial score (nSPS) is 9.22. The summed E-state index contributed by atoms with van der Waals surface area (Å²) in [6, 6.07) is 0. The number of hydrogen-bond acceptors (Lipinski definition) is 7. The average Bonchev–Trinajstić information content (AvgIpc) is 2.28. The van der Waals surface area contributed by atoms with Crippen molar-refractivity contribution in [2.45, 2.75) is 32.3 Å². The first-order valence-electron chi connectivity index (χ1n) is 5.83. The van der Waals surface area contributed by atoms with E-state index in [4.69, 9.17) is 22.4 Å². The van der Waals surface area contributed by atoms with Crippen LogP contribution >= 0.6 is 24.8 Å². The van der Waals surface area contributed by atoms with Gasteiger partial charge in [0.05, 0.1) is 0 Å². The van der Waals surface area contributed by atoms with E-state index in [-0.39, 0.29) is 59.1 Å². The van der Waals surface area contributed by atoms with Crippen molar-refractivity contribution in [3.63, 3.8) is 0 Å². The van der Waals surface area contributed by atoms with Gasteiger partial charge in [0.1, 0.15) is 4.32 Å². The SMILES string of the molecule is CCN(CC)C(=S)S.O=C([O-])CC(O)(CC(=O)[O-])C(=O)O.[Na+].[Na+]. The second kappa shape index (κ2) is 16.1. The van der Waals surface area contributed by atoms with Crippen molar-refractivity contribution < 1.29 is 93.9 Å². The van der Waals surface area contributed by atoms with Gasteiger partial charge < -0.3 is 34.9 Å². The monoisotopic (exact) mass is 385 g/mol. The number of aliphatic carboxylic acids is 3. The number of aliphatic hydroxyl groups is 1. The molecule has 0 heterocycles. The number of carbonyl (C=O) groups is 3. The number of hydrogen-bond donors (Lipinski definition) is 3. The number of carbonyl (C=O) groups excluding carboxylic acids is 2. The Bertz CT molecular complexity index is 390. The number of carboxylic acid groups (broad SMARTS) is 3. The van der Waals surface area contributed by atoms with E-state index in [1.54, 1.807) is 0 Å². The Kier molecular flexibility index (Phi) is 22.0. The van der Waals surface area contributed by atoms with Gasteiger partial charge in [-0.05, 0) is 13.8 Å². The summed E-state index contributed by atoms with van der Waals surface area (Å²) in [5, 5.41) is 37.2. The number of rotatable bonds is 7. The van der Waals surface area contributed by atoms with Crippen LogP contribution in [0.1, 0.15) is 26.7 Å². The maximum absolute atomic E-state index is 10.3. The molecule has 0 atom stereocenters. The summed E-state index contributed by atoms with van der Waals surface area (Å²) in [6.45, 7) is 6.04. The number of thiocarbonyl (C=S) groups is 1. The molecule has 0 rings (SSSR count). The van der Waals surface area contributed by atoms with Crippen LogP contribution in [0.5, 0.6) is 0 Å². The zero-order valence-corrected chi connectivity index (χ0v) is 19.3. The van der Waals surface area contributed by atoms with E-state index >= 15 is 0 Å². The molecule has 0 aromatic carbocycles. The molecule has 0 aliphatic carbocycles. The van der Waals surface area contributed by atoms with Gasteiger partial charge in [-0.3, -0.25) is 0 Å². The molecule has 0 saturated carbocycles. The standard InChI is InChI=1S/C6H8O7.C5H11NS2.2Na/c7-3(8)1-6(13,5(11)12)2-4(9)10;1-3-6(4-2)5(7)8;;/h13H,1-2H2,(H,7,8)(H,9,10)(H,11,12);3-4H2,1-2H3,(H,7,8);;/q;;2*+1/p-2. The van der Waals surface area contributed by atoms with Gasteiger partial charge >= 0.3 is 65.1 Å². The molecule has 0 unspecified atom stereocenters. The number of carboxylic acids is 3. The largest absolute Gasteiger partial charge is 1.00 e. The van der Waals surface area contributed by atoms with E-state index in [0.717, 1.165) is 13.1 Å². The second-order valence-electron chi connectivity index (χ2n) is 3.89. The Morgan fingerprint density at radius 2 is 1.39 bits per heavy atom. The predicted octanol–water partition coefficient (Wildman–Crippen LogP) is -8.37. The average molecular weight is 385 g/mol. The third-order valence-electron chi connectivity index (χ3n) is 2.31. The zero-order chi connectivity index (χ0) is 17.2. The Balaban J connectivity index is -0.000000158. The van der Waals surface area contributed by atoms with Crippen LogP contribution in [0.4, 0.5) is 0 Å². The van der Waals surface area contributed by atoms with Gasteiger partial charge in [-0.1, -0.05) is 12.2 Å². The van der Waals surface area contributed by atoms with Crippen molar-refractivity contribution in [3.05, 3.63) is 0 Å². The summed E-state index contributed by atoms with van der Waals surface area (Å²) in [6.07, 6.45) is -2.59. The van der Waals surface area contributed by atoms with Crippen LogP contribution in [-0.4, -0.2) is 56.0 Å². The fourth-order valence-electron chi connectivity index (χ4n) is 1.19. The van der Waals surface area contributed by atoms with Crippen molar-refractivity contribution in [3.8, 4) is 0 Å². The molecular formula is C11H17NNa2O7S2. The van der Waals surface area contributed by atoms with Gasteiger partial charge in [-0.2, -0.15) is 0 Å². The molecule has 0 aliphatic rings. The topological polar surface area (TPSA) is 141 Å². The van der Waals surface area contributed by atoms with Crippen LogP contribution in [0.25, 0.3) is 0 Å². The van der Waals surface area contributed by atoms with Crippen molar-refractivity contribution >= 4 is 47.1 Å². The first-order chi connectivity index (χ1) is 9.50. The second-order valence-corrected chi connectivity index (χ2v) is 5.00. The molecule has 0 saturated heterocycles. The molecule has 12 heteroatoms. The minimum absolute atomic E-state index is 0. The molecule has 0 aromatic rings. The summed E-state index contributed by atoms with van der Waals surface area (Å²) in [7, 11) is 0. The van der Waals surface area contributed by atoms with E-state index < -0.39 is 36.4 Å². The van der Waals surface area contributed by atoms with Crippen LogP contribution in [0.15, 0.2) is 0 Å². The third kappa shape index (κ3) is 15.9. The van der Waals surface area contributed by atoms with Gasteiger partial charge in [0.2, 0.25) is 0 Å². The fraction of sp³-hybridized carbons (Fsp3) is 0.636. The van der Waals surface area contributed by atoms with Crippen molar-refractivity contribution in [1.82, 2.24) is 4.90 Å². The van der Waals surface area contributed by atoms with Crippen LogP contribution in [0, 0.1) is 0 Å². The van der Waals surface area contributed by atoms with Crippen molar-refractivity contribution in [2.75, 3.05) is 13.1 Å². The molecule has 122 valence electrons. The van der Waals surface area contributed by atoms with Crippen LogP contribution in [0.3, 0.4) is 0 Å². The van der Waals surface area contributed by atoms with Gasteiger partial charge in [0.25, 0.3) is 0 Å². The van der Waals surface area contributed by atoms with E-state index in [1.807, 2.05) is 4.90 Å². The van der Waals surface area contributed by atoms with Gasteiger partial charge in [-0.15, -0.1) is 12.6 Å². The van der Waals surface area contributed by atoms with E-state index in [9.17, 15) is 24.6 Å².